The molecule has 0 spiro atoms. The molecule has 4 nitrogen and oxygen atoms in total. The van der Waals surface area contributed by atoms with Crippen LogP contribution in [-0.4, -0.2) is 35.3 Å². The van der Waals surface area contributed by atoms with E-state index in [1.54, 1.807) is 0 Å². The molecule has 2 rings (SSSR count). The number of carbonyl (C=O) groups excluding carboxylic acids is 2. The number of amides is 2. The van der Waals surface area contributed by atoms with Crippen LogP contribution in [-0.2, 0) is 9.59 Å². The minimum Gasteiger partial charge on any atom is -0.303 e. The molecule has 4 heteroatoms. The zero-order valence-corrected chi connectivity index (χ0v) is 11.6. The molecule has 2 aliphatic rings. The van der Waals surface area contributed by atoms with Crippen LogP contribution in [0.5, 0.6) is 0 Å². The first-order valence-electron chi connectivity index (χ1n) is 7.13. The van der Waals surface area contributed by atoms with Crippen molar-refractivity contribution in [3.05, 3.63) is 0 Å². The quantitative estimate of drug-likeness (QED) is 0.775. The summed E-state index contributed by atoms with van der Waals surface area (Å²) in [5.41, 5.74) is 0. The third kappa shape index (κ3) is 2.58. The molecule has 0 aromatic heterocycles. The summed E-state index contributed by atoms with van der Waals surface area (Å²) < 4.78 is 0. The molecule has 1 N–H and O–H groups in total. The summed E-state index contributed by atoms with van der Waals surface area (Å²) in [5, 5.41) is 3.40. The first-order valence-corrected chi connectivity index (χ1v) is 7.13. The second-order valence-electron chi connectivity index (χ2n) is 5.86. The SMILES string of the molecule is CCN1C(=O)CC(NC2CCC(C)C(C)C2)C1=O. The van der Waals surface area contributed by atoms with Crippen LogP contribution in [0.15, 0.2) is 0 Å². The molecule has 2 fully saturated rings. The van der Waals surface area contributed by atoms with Crippen LogP contribution in [0.1, 0.15) is 46.5 Å². The Morgan fingerprint density at radius 1 is 1.22 bits per heavy atom. The van der Waals surface area contributed by atoms with Crippen LogP contribution >= 0.6 is 0 Å². The largest absolute Gasteiger partial charge is 0.303 e. The summed E-state index contributed by atoms with van der Waals surface area (Å²) in [6.07, 6.45) is 3.79. The Morgan fingerprint density at radius 2 is 1.94 bits per heavy atom. The summed E-state index contributed by atoms with van der Waals surface area (Å²) in [5.74, 6) is 1.41. The van der Waals surface area contributed by atoms with Crippen molar-refractivity contribution in [2.24, 2.45) is 11.8 Å². The first kappa shape index (κ1) is 13.5. The van der Waals surface area contributed by atoms with Gasteiger partial charge in [-0.25, -0.2) is 0 Å². The highest BCUT2D eigenvalue weighted by Gasteiger charge is 2.39. The normalized spacial score (nSPS) is 37.4. The molecule has 102 valence electrons. The van der Waals surface area contributed by atoms with Crippen molar-refractivity contribution in [3.63, 3.8) is 0 Å². The van der Waals surface area contributed by atoms with E-state index in [2.05, 4.69) is 19.2 Å². The van der Waals surface area contributed by atoms with Gasteiger partial charge in [-0.15, -0.1) is 0 Å². The van der Waals surface area contributed by atoms with Gasteiger partial charge in [0.15, 0.2) is 0 Å². The van der Waals surface area contributed by atoms with Gasteiger partial charge in [-0.2, -0.15) is 0 Å². The molecular formula is C14H24N2O2. The Bertz CT molecular complexity index is 343. The van der Waals surface area contributed by atoms with E-state index in [0.717, 1.165) is 18.8 Å². The maximum Gasteiger partial charge on any atom is 0.246 e. The van der Waals surface area contributed by atoms with E-state index in [4.69, 9.17) is 0 Å². The minimum absolute atomic E-state index is 0.0303. The molecule has 0 aromatic carbocycles. The van der Waals surface area contributed by atoms with Crippen molar-refractivity contribution in [2.75, 3.05) is 6.54 Å². The van der Waals surface area contributed by atoms with Gasteiger partial charge >= 0.3 is 0 Å². The topological polar surface area (TPSA) is 49.4 Å². The Balaban J connectivity index is 1.91. The van der Waals surface area contributed by atoms with Crippen LogP contribution in [0.4, 0.5) is 0 Å². The van der Waals surface area contributed by atoms with E-state index in [-0.39, 0.29) is 17.9 Å². The van der Waals surface area contributed by atoms with Crippen LogP contribution in [0, 0.1) is 11.8 Å². The third-order valence-corrected chi connectivity index (χ3v) is 4.60. The smallest absolute Gasteiger partial charge is 0.246 e. The third-order valence-electron chi connectivity index (χ3n) is 4.60. The zero-order valence-electron chi connectivity index (χ0n) is 11.6. The maximum absolute atomic E-state index is 12.0. The van der Waals surface area contributed by atoms with Crippen molar-refractivity contribution in [1.82, 2.24) is 10.2 Å². The van der Waals surface area contributed by atoms with Crippen molar-refractivity contribution in [3.8, 4) is 0 Å². The molecule has 1 saturated carbocycles. The lowest BCUT2D eigenvalue weighted by molar-refractivity contribution is -0.138. The van der Waals surface area contributed by atoms with Crippen molar-refractivity contribution >= 4 is 11.8 Å². The van der Waals surface area contributed by atoms with E-state index in [1.165, 1.54) is 11.3 Å². The second-order valence-corrected chi connectivity index (χ2v) is 5.86. The number of likely N-dealkylation sites (tertiary alicyclic amines) is 1. The number of nitrogens with zero attached hydrogens (tertiary/aromatic N) is 1. The fourth-order valence-corrected chi connectivity index (χ4v) is 3.13. The number of likely N-dealkylation sites (N-methyl/N-ethyl adjacent to an activating group) is 1. The molecule has 1 aliphatic carbocycles. The van der Waals surface area contributed by atoms with Gasteiger partial charge in [0.05, 0.1) is 12.5 Å². The van der Waals surface area contributed by atoms with Gasteiger partial charge in [-0.05, 0) is 38.0 Å². The predicted molar refractivity (Wildman–Crippen MR) is 69.9 cm³/mol. The number of carbonyl (C=O) groups is 2. The summed E-state index contributed by atoms with van der Waals surface area (Å²) in [6.45, 7) is 6.92. The molecule has 0 aromatic rings. The van der Waals surface area contributed by atoms with E-state index >= 15 is 0 Å². The second kappa shape index (κ2) is 5.39. The predicted octanol–water partition coefficient (Wildman–Crippen LogP) is 1.55. The minimum atomic E-state index is -0.275. The van der Waals surface area contributed by atoms with E-state index in [9.17, 15) is 9.59 Å². The van der Waals surface area contributed by atoms with Gasteiger partial charge < -0.3 is 5.32 Å². The van der Waals surface area contributed by atoms with Gasteiger partial charge in [-0.1, -0.05) is 13.8 Å². The van der Waals surface area contributed by atoms with E-state index in [1.807, 2.05) is 6.92 Å². The Labute approximate surface area is 109 Å². The monoisotopic (exact) mass is 252 g/mol. The van der Waals surface area contributed by atoms with Gasteiger partial charge in [0.2, 0.25) is 11.8 Å². The molecule has 4 unspecified atom stereocenters. The highest BCUT2D eigenvalue weighted by molar-refractivity contribution is 6.05. The Kier molecular flexibility index (Phi) is 4.05. The number of rotatable bonds is 3. The van der Waals surface area contributed by atoms with Crippen LogP contribution in [0.2, 0.25) is 0 Å². The van der Waals surface area contributed by atoms with Crippen molar-refractivity contribution in [1.29, 1.82) is 0 Å². The molecular weight excluding hydrogens is 228 g/mol. The average Bonchev–Trinajstić information content (AvgIpc) is 2.59. The molecule has 0 bridgehead atoms. The summed E-state index contributed by atoms with van der Waals surface area (Å²) in [6, 6.07) is 0.123. The zero-order chi connectivity index (χ0) is 13.3. The summed E-state index contributed by atoms with van der Waals surface area (Å²) >= 11 is 0. The standard InChI is InChI=1S/C14H24N2O2/c1-4-16-13(17)8-12(14(16)18)15-11-6-5-9(2)10(3)7-11/h9-12,15H,4-8H2,1-3H3. The molecule has 2 amide bonds. The lowest BCUT2D eigenvalue weighted by Crippen LogP contribution is -2.46. The highest BCUT2D eigenvalue weighted by Crippen LogP contribution is 2.30. The van der Waals surface area contributed by atoms with Crippen molar-refractivity contribution < 1.29 is 9.59 Å². The van der Waals surface area contributed by atoms with E-state index < -0.39 is 0 Å². The molecule has 1 saturated heterocycles. The molecule has 0 radical (unpaired) electrons. The van der Waals surface area contributed by atoms with E-state index in [0.29, 0.717) is 24.9 Å². The van der Waals surface area contributed by atoms with Crippen molar-refractivity contribution in [2.45, 2.75) is 58.5 Å². The van der Waals surface area contributed by atoms with Gasteiger partial charge in [0, 0.05) is 12.6 Å². The summed E-state index contributed by atoms with van der Waals surface area (Å²) in [7, 11) is 0. The highest BCUT2D eigenvalue weighted by atomic mass is 16.2. The van der Waals surface area contributed by atoms with Gasteiger partial charge in [0.1, 0.15) is 0 Å². The maximum atomic E-state index is 12.0. The fourth-order valence-electron chi connectivity index (χ4n) is 3.13. The number of imide groups is 1. The number of hydrogen-bond donors (Lipinski definition) is 1. The van der Waals surface area contributed by atoms with Crippen LogP contribution in [0.25, 0.3) is 0 Å². The molecule has 18 heavy (non-hydrogen) atoms. The lowest BCUT2D eigenvalue weighted by atomic mass is 9.79. The van der Waals surface area contributed by atoms with Crippen LogP contribution in [0.3, 0.4) is 0 Å². The number of hydrogen-bond acceptors (Lipinski definition) is 3. The summed E-state index contributed by atoms with van der Waals surface area (Å²) in [4.78, 5) is 25.0. The molecule has 4 atom stereocenters. The molecule has 1 aliphatic heterocycles. The van der Waals surface area contributed by atoms with Crippen LogP contribution < -0.4 is 5.32 Å². The van der Waals surface area contributed by atoms with Gasteiger partial charge in [0.25, 0.3) is 0 Å². The Morgan fingerprint density at radius 3 is 2.50 bits per heavy atom. The fraction of sp³-hybridized carbons (Fsp3) is 0.857. The van der Waals surface area contributed by atoms with Gasteiger partial charge in [-0.3, -0.25) is 14.5 Å². The number of nitrogens with one attached hydrogen (secondary N) is 1. The molecule has 1 heterocycles. The Hall–Kier alpha value is -0.900. The lowest BCUT2D eigenvalue weighted by Gasteiger charge is -2.33. The first-order chi connectivity index (χ1) is 8.52. The average molecular weight is 252 g/mol.